The van der Waals surface area contributed by atoms with E-state index in [1.807, 2.05) is 12.1 Å². The van der Waals surface area contributed by atoms with Crippen molar-refractivity contribution >= 4 is 27.5 Å². The van der Waals surface area contributed by atoms with Gasteiger partial charge >= 0.3 is 0 Å². The number of alkyl halides is 1. The first-order chi connectivity index (χ1) is 8.19. The molecule has 0 spiro atoms. The molecular weight excluding hydrogens is 300 g/mol. The highest BCUT2D eigenvalue weighted by atomic mass is 79.9. The van der Waals surface area contributed by atoms with Crippen molar-refractivity contribution in [3.8, 4) is 5.75 Å². The molecule has 0 saturated heterocycles. The van der Waals surface area contributed by atoms with Crippen LogP contribution < -0.4 is 4.74 Å². The van der Waals surface area contributed by atoms with Crippen LogP contribution in [0.1, 0.15) is 29.7 Å². The third-order valence-corrected chi connectivity index (χ3v) is 5.76. The minimum atomic E-state index is 0.443. The molecule has 1 aromatic rings. The van der Waals surface area contributed by atoms with Crippen LogP contribution in [0.4, 0.5) is 0 Å². The lowest BCUT2D eigenvalue weighted by Crippen LogP contribution is -2.05. The Morgan fingerprint density at radius 3 is 2.59 bits per heavy atom. The van der Waals surface area contributed by atoms with Crippen LogP contribution in [0.25, 0.3) is 0 Å². The van der Waals surface area contributed by atoms with E-state index < -0.39 is 0 Å². The zero-order valence-corrected chi connectivity index (χ0v) is 12.2. The van der Waals surface area contributed by atoms with Gasteiger partial charge in [-0.15, -0.1) is 0 Å². The molecule has 0 amide bonds. The van der Waals surface area contributed by atoms with E-state index in [4.69, 9.17) is 16.3 Å². The van der Waals surface area contributed by atoms with Gasteiger partial charge in [-0.2, -0.15) is 0 Å². The maximum Gasteiger partial charge on any atom is 0.137 e. The van der Waals surface area contributed by atoms with Gasteiger partial charge in [-0.05, 0) is 54.7 Å². The molecule has 3 unspecified atom stereocenters. The van der Waals surface area contributed by atoms with Gasteiger partial charge in [0.05, 0.1) is 12.1 Å². The summed E-state index contributed by atoms with van der Waals surface area (Å²) in [5.74, 6) is 3.58. The number of ether oxygens (including phenoxy) is 1. The van der Waals surface area contributed by atoms with Crippen LogP contribution in [0, 0.1) is 17.8 Å². The second-order valence-corrected chi connectivity index (χ2v) is 6.68. The summed E-state index contributed by atoms with van der Waals surface area (Å²) in [6.45, 7) is 0. The maximum atomic E-state index is 6.17. The van der Waals surface area contributed by atoms with Crippen molar-refractivity contribution in [3.63, 3.8) is 0 Å². The molecule has 3 atom stereocenters. The molecule has 0 heterocycles. The van der Waals surface area contributed by atoms with E-state index in [0.29, 0.717) is 9.85 Å². The fraction of sp³-hybridized carbons (Fsp3) is 0.571. The van der Waals surface area contributed by atoms with Crippen molar-refractivity contribution in [1.29, 1.82) is 0 Å². The first-order valence-electron chi connectivity index (χ1n) is 6.16. The van der Waals surface area contributed by atoms with Crippen LogP contribution in [0.15, 0.2) is 18.2 Å². The summed E-state index contributed by atoms with van der Waals surface area (Å²) in [6, 6.07) is 6.11. The largest absolute Gasteiger partial charge is 0.495 e. The van der Waals surface area contributed by atoms with E-state index in [2.05, 4.69) is 22.0 Å². The van der Waals surface area contributed by atoms with Gasteiger partial charge in [0.25, 0.3) is 0 Å². The van der Waals surface area contributed by atoms with Gasteiger partial charge in [0, 0.05) is 4.83 Å². The van der Waals surface area contributed by atoms with Gasteiger partial charge in [0.15, 0.2) is 0 Å². The Kier molecular flexibility index (Phi) is 3.12. The summed E-state index contributed by atoms with van der Waals surface area (Å²) < 4.78 is 5.18. The van der Waals surface area contributed by atoms with Gasteiger partial charge in [-0.1, -0.05) is 33.6 Å². The summed E-state index contributed by atoms with van der Waals surface area (Å²) >= 11 is 10.0. The van der Waals surface area contributed by atoms with Crippen LogP contribution in [0.2, 0.25) is 5.02 Å². The normalized spacial score (nSPS) is 32.1. The van der Waals surface area contributed by atoms with Crippen LogP contribution >= 0.6 is 27.5 Å². The number of methoxy groups -OCH3 is 1. The minimum absolute atomic E-state index is 0.443. The minimum Gasteiger partial charge on any atom is -0.495 e. The van der Waals surface area contributed by atoms with Crippen LogP contribution in [-0.4, -0.2) is 7.11 Å². The van der Waals surface area contributed by atoms with Gasteiger partial charge < -0.3 is 4.74 Å². The van der Waals surface area contributed by atoms with E-state index in [9.17, 15) is 0 Å². The van der Waals surface area contributed by atoms with Crippen LogP contribution in [0.3, 0.4) is 0 Å². The Bertz CT molecular complexity index is 424. The van der Waals surface area contributed by atoms with Crippen molar-refractivity contribution in [1.82, 2.24) is 0 Å². The average Bonchev–Trinajstić information content (AvgIpc) is 2.95. The second-order valence-electron chi connectivity index (χ2n) is 5.28. The van der Waals surface area contributed by atoms with Crippen molar-refractivity contribution in [2.75, 3.05) is 7.11 Å². The molecule has 92 valence electrons. The highest BCUT2D eigenvalue weighted by Crippen LogP contribution is 2.58. The molecule has 0 aliphatic heterocycles. The monoisotopic (exact) mass is 314 g/mol. The second kappa shape index (κ2) is 4.47. The molecule has 0 N–H and O–H groups in total. The lowest BCUT2D eigenvalue weighted by molar-refractivity contribution is 0.414. The molecule has 1 nitrogen and oxygen atoms in total. The molecule has 2 aliphatic rings. The molecule has 2 saturated carbocycles. The molecule has 2 fully saturated rings. The zero-order chi connectivity index (χ0) is 12.0. The molecular formula is C14H16BrClO. The Morgan fingerprint density at radius 2 is 2.00 bits per heavy atom. The Hall–Kier alpha value is -0.210. The Labute approximate surface area is 116 Å². The standard InChI is InChI=1S/C14H16BrClO/c1-17-13-3-2-8(7-12(13)16)14(15)11-5-9-4-10(9)6-11/h2-3,7,9-11,14H,4-6H2,1H3. The molecule has 3 rings (SSSR count). The number of rotatable bonds is 3. The van der Waals surface area contributed by atoms with Gasteiger partial charge in [0.2, 0.25) is 0 Å². The molecule has 0 bridgehead atoms. The summed E-state index contributed by atoms with van der Waals surface area (Å²) in [4.78, 5) is 0.443. The third-order valence-electron chi connectivity index (χ3n) is 4.19. The Balaban J connectivity index is 1.76. The molecule has 1 aromatic carbocycles. The number of hydrogen-bond acceptors (Lipinski definition) is 1. The summed E-state index contributed by atoms with van der Waals surface area (Å²) in [5.41, 5.74) is 1.28. The molecule has 2 aliphatic carbocycles. The number of halogens is 2. The fourth-order valence-electron chi connectivity index (χ4n) is 3.13. The third kappa shape index (κ3) is 2.22. The lowest BCUT2D eigenvalue weighted by atomic mass is 9.94. The topological polar surface area (TPSA) is 9.23 Å². The number of benzene rings is 1. The quantitative estimate of drug-likeness (QED) is 0.726. The summed E-state index contributed by atoms with van der Waals surface area (Å²) in [5, 5.41) is 0.706. The van der Waals surface area contributed by atoms with E-state index in [1.165, 1.54) is 24.8 Å². The van der Waals surface area contributed by atoms with Crippen molar-refractivity contribution in [2.24, 2.45) is 17.8 Å². The highest BCUT2D eigenvalue weighted by Gasteiger charge is 2.47. The van der Waals surface area contributed by atoms with Crippen molar-refractivity contribution in [3.05, 3.63) is 28.8 Å². The van der Waals surface area contributed by atoms with Gasteiger partial charge in [-0.3, -0.25) is 0 Å². The maximum absolute atomic E-state index is 6.17. The first kappa shape index (κ1) is 11.9. The number of hydrogen-bond donors (Lipinski definition) is 0. The van der Waals surface area contributed by atoms with Gasteiger partial charge in [0.1, 0.15) is 5.75 Å². The van der Waals surface area contributed by atoms with E-state index >= 15 is 0 Å². The SMILES string of the molecule is COc1ccc(C(Br)C2CC3CC3C2)cc1Cl. The van der Waals surface area contributed by atoms with Crippen molar-refractivity contribution in [2.45, 2.75) is 24.1 Å². The average molecular weight is 316 g/mol. The van der Waals surface area contributed by atoms with Crippen LogP contribution in [-0.2, 0) is 0 Å². The molecule has 17 heavy (non-hydrogen) atoms. The van der Waals surface area contributed by atoms with E-state index in [0.717, 1.165) is 23.5 Å². The predicted molar refractivity (Wildman–Crippen MR) is 74.0 cm³/mol. The summed E-state index contributed by atoms with van der Waals surface area (Å²) in [7, 11) is 1.65. The van der Waals surface area contributed by atoms with Crippen LogP contribution in [0.5, 0.6) is 5.75 Å². The predicted octanol–water partition coefficient (Wildman–Crippen LogP) is 4.83. The van der Waals surface area contributed by atoms with E-state index in [1.54, 1.807) is 7.11 Å². The lowest BCUT2D eigenvalue weighted by Gasteiger charge is -2.20. The van der Waals surface area contributed by atoms with Gasteiger partial charge in [-0.25, -0.2) is 0 Å². The fourth-order valence-corrected chi connectivity index (χ4v) is 4.11. The first-order valence-corrected chi connectivity index (χ1v) is 7.46. The van der Waals surface area contributed by atoms with E-state index in [-0.39, 0.29) is 0 Å². The highest BCUT2D eigenvalue weighted by molar-refractivity contribution is 9.09. The molecule has 0 aromatic heterocycles. The smallest absolute Gasteiger partial charge is 0.137 e. The molecule has 3 heteroatoms. The Morgan fingerprint density at radius 1 is 1.29 bits per heavy atom. The summed E-state index contributed by atoms with van der Waals surface area (Å²) in [6.07, 6.45) is 4.23. The zero-order valence-electron chi connectivity index (χ0n) is 9.83. The number of fused-ring (bicyclic) bond motifs is 1. The molecule has 0 radical (unpaired) electrons. The van der Waals surface area contributed by atoms with Crippen molar-refractivity contribution < 1.29 is 4.74 Å².